The summed E-state index contributed by atoms with van der Waals surface area (Å²) in [5, 5.41) is 0. The van der Waals surface area contributed by atoms with Crippen molar-refractivity contribution in [2.75, 3.05) is 7.11 Å². The molecular weight excluding hydrogens is 142 g/mol. The quantitative estimate of drug-likeness (QED) is 0.265. The standard InChI is InChI=1S/C8H11NO2/c1-4-5-7(6-9-2)8(10)11-3/h4-6H,2H2,1,3H3. The fourth-order valence-electron chi connectivity index (χ4n) is 0.560. The maximum atomic E-state index is 10.9. The zero-order chi connectivity index (χ0) is 8.69. The highest BCUT2D eigenvalue weighted by Crippen LogP contribution is 1.99. The van der Waals surface area contributed by atoms with Crippen LogP contribution in [0.3, 0.4) is 0 Å². The first-order valence-electron chi connectivity index (χ1n) is 3.13. The van der Waals surface area contributed by atoms with Gasteiger partial charge < -0.3 is 4.74 Å². The molecule has 0 aromatic carbocycles. The van der Waals surface area contributed by atoms with Gasteiger partial charge in [-0.2, -0.15) is 0 Å². The van der Waals surface area contributed by atoms with Crippen molar-refractivity contribution in [2.45, 2.75) is 6.92 Å². The van der Waals surface area contributed by atoms with E-state index in [0.29, 0.717) is 5.57 Å². The van der Waals surface area contributed by atoms with Crippen LogP contribution in [-0.2, 0) is 9.53 Å². The van der Waals surface area contributed by atoms with Crippen LogP contribution < -0.4 is 0 Å². The summed E-state index contributed by atoms with van der Waals surface area (Å²) >= 11 is 0. The van der Waals surface area contributed by atoms with Crippen molar-refractivity contribution in [3.8, 4) is 0 Å². The number of carbonyl (C=O) groups excluding carboxylic acids is 1. The molecule has 0 saturated carbocycles. The molecule has 0 aliphatic heterocycles. The Kier molecular flexibility index (Phi) is 4.73. The first-order chi connectivity index (χ1) is 5.26. The largest absolute Gasteiger partial charge is 0.465 e. The van der Waals surface area contributed by atoms with Crippen molar-refractivity contribution in [2.24, 2.45) is 4.99 Å². The van der Waals surface area contributed by atoms with Crippen LogP contribution in [0.1, 0.15) is 6.92 Å². The predicted octanol–water partition coefficient (Wildman–Crippen LogP) is 1.32. The molecule has 11 heavy (non-hydrogen) atoms. The van der Waals surface area contributed by atoms with E-state index in [1.165, 1.54) is 13.3 Å². The minimum absolute atomic E-state index is 0.394. The minimum atomic E-state index is -0.407. The molecule has 60 valence electrons. The third kappa shape index (κ3) is 3.35. The number of methoxy groups -OCH3 is 1. The number of aliphatic imine (C=N–C) groups is 1. The van der Waals surface area contributed by atoms with Crippen molar-refractivity contribution in [1.82, 2.24) is 0 Å². The maximum absolute atomic E-state index is 10.9. The van der Waals surface area contributed by atoms with Crippen LogP contribution in [0.5, 0.6) is 0 Å². The Morgan fingerprint density at radius 3 is 2.64 bits per heavy atom. The third-order valence-corrected chi connectivity index (χ3v) is 0.998. The SMILES string of the molecule is C=NC=C(C=CC)C(=O)OC. The third-order valence-electron chi connectivity index (χ3n) is 0.998. The lowest BCUT2D eigenvalue weighted by atomic mass is 10.3. The molecule has 0 spiro atoms. The summed E-state index contributed by atoms with van der Waals surface area (Å²) in [5.41, 5.74) is 0.394. The van der Waals surface area contributed by atoms with Gasteiger partial charge in [-0.05, 0) is 13.6 Å². The zero-order valence-corrected chi connectivity index (χ0v) is 6.70. The average Bonchev–Trinajstić information content (AvgIpc) is 2.03. The van der Waals surface area contributed by atoms with Gasteiger partial charge in [-0.1, -0.05) is 12.2 Å². The molecule has 0 heterocycles. The molecule has 0 aliphatic carbocycles. The van der Waals surface area contributed by atoms with Crippen LogP contribution in [-0.4, -0.2) is 19.8 Å². The second-order valence-electron chi connectivity index (χ2n) is 1.76. The van der Waals surface area contributed by atoms with E-state index in [2.05, 4.69) is 16.4 Å². The molecule has 0 saturated heterocycles. The van der Waals surface area contributed by atoms with Gasteiger partial charge in [0.05, 0.1) is 12.7 Å². The van der Waals surface area contributed by atoms with Crippen LogP contribution in [0.4, 0.5) is 0 Å². The number of nitrogens with zero attached hydrogens (tertiary/aromatic N) is 1. The van der Waals surface area contributed by atoms with Gasteiger partial charge in [0.15, 0.2) is 0 Å². The summed E-state index contributed by atoms with van der Waals surface area (Å²) in [4.78, 5) is 14.3. The summed E-state index contributed by atoms with van der Waals surface area (Å²) in [6, 6.07) is 0. The summed E-state index contributed by atoms with van der Waals surface area (Å²) < 4.78 is 4.47. The number of hydrogen-bond donors (Lipinski definition) is 0. The molecule has 3 heteroatoms. The van der Waals surface area contributed by atoms with Gasteiger partial charge in [-0.3, -0.25) is 4.99 Å². The van der Waals surface area contributed by atoms with Crippen LogP contribution in [0, 0.1) is 0 Å². The van der Waals surface area contributed by atoms with Gasteiger partial charge in [-0.25, -0.2) is 4.79 Å². The van der Waals surface area contributed by atoms with Crippen molar-refractivity contribution >= 4 is 12.7 Å². The number of hydrogen-bond acceptors (Lipinski definition) is 3. The smallest absolute Gasteiger partial charge is 0.339 e. The van der Waals surface area contributed by atoms with E-state index in [9.17, 15) is 4.79 Å². The lowest BCUT2D eigenvalue weighted by Gasteiger charge is -1.96. The number of ether oxygens (including phenoxy) is 1. The summed E-state index contributed by atoms with van der Waals surface area (Å²) in [5.74, 6) is -0.407. The fourth-order valence-corrected chi connectivity index (χ4v) is 0.560. The molecule has 0 fully saturated rings. The lowest BCUT2D eigenvalue weighted by Crippen LogP contribution is -2.01. The number of allylic oxidation sites excluding steroid dienone is 1. The topological polar surface area (TPSA) is 38.7 Å². The zero-order valence-electron chi connectivity index (χ0n) is 6.70. The van der Waals surface area contributed by atoms with E-state index >= 15 is 0 Å². The first-order valence-corrected chi connectivity index (χ1v) is 3.13. The van der Waals surface area contributed by atoms with Gasteiger partial charge in [0, 0.05) is 6.20 Å². The van der Waals surface area contributed by atoms with Crippen molar-refractivity contribution in [1.29, 1.82) is 0 Å². The van der Waals surface area contributed by atoms with Gasteiger partial charge in [0.2, 0.25) is 0 Å². The molecule has 0 bridgehead atoms. The Bertz CT molecular complexity index is 204. The molecule has 0 aromatic heterocycles. The van der Waals surface area contributed by atoms with E-state index < -0.39 is 5.97 Å². The van der Waals surface area contributed by atoms with Crippen LogP contribution in [0.2, 0.25) is 0 Å². The van der Waals surface area contributed by atoms with Crippen LogP contribution in [0.25, 0.3) is 0 Å². The molecule has 0 atom stereocenters. The Morgan fingerprint density at radius 2 is 2.27 bits per heavy atom. The molecule has 0 rings (SSSR count). The Hall–Kier alpha value is -1.38. The number of carbonyl (C=O) groups is 1. The summed E-state index contributed by atoms with van der Waals surface area (Å²) in [7, 11) is 1.32. The molecule has 0 aromatic rings. The number of esters is 1. The molecular formula is C8H11NO2. The predicted molar refractivity (Wildman–Crippen MR) is 44.5 cm³/mol. The highest BCUT2D eigenvalue weighted by atomic mass is 16.5. The second-order valence-corrected chi connectivity index (χ2v) is 1.76. The second kappa shape index (κ2) is 5.41. The molecule has 3 nitrogen and oxygen atoms in total. The van der Waals surface area contributed by atoms with Crippen molar-refractivity contribution < 1.29 is 9.53 Å². The lowest BCUT2D eigenvalue weighted by molar-refractivity contribution is -0.135. The van der Waals surface area contributed by atoms with E-state index in [1.54, 1.807) is 19.1 Å². The monoisotopic (exact) mass is 153 g/mol. The molecule has 0 radical (unpaired) electrons. The highest BCUT2D eigenvalue weighted by molar-refractivity contribution is 5.91. The normalized spacial score (nSPS) is 11.6. The van der Waals surface area contributed by atoms with E-state index in [4.69, 9.17) is 0 Å². The first kappa shape index (κ1) is 9.62. The van der Waals surface area contributed by atoms with Crippen molar-refractivity contribution in [3.63, 3.8) is 0 Å². The average molecular weight is 153 g/mol. The Balaban J connectivity index is 4.46. The maximum Gasteiger partial charge on any atom is 0.339 e. The van der Waals surface area contributed by atoms with Gasteiger partial charge in [0.1, 0.15) is 0 Å². The van der Waals surface area contributed by atoms with Gasteiger partial charge in [-0.15, -0.1) is 0 Å². The Labute approximate surface area is 66.1 Å². The van der Waals surface area contributed by atoms with Gasteiger partial charge >= 0.3 is 5.97 Å². The van der Waals surface area contributed by atoms with Crippen LogP contribution >= 0.6 is 0 Å². The molecule has 0 aliphatic rings. The van der Waals surface area contributed by atoms with Gasteiger partial charge in [0.25, 0.3) is 0 Å². The highest BCUT2D eigenvalue weighted by Gasteiger charge is 2.03. The summed E-state index contributed by atoms with van der Waals surface area (Å²) in [6.45, 7) is 5.04. The van der Waals surface area contributed by atoms with Crippen molar-refractivity contribution in [3.05, 3.63) is 23.9 Å². The van der Waals surface area contributed by atoms with E-state index in [1.807, 2.05) is 0 Å². The molecule has 0 N–H and O–H groups in total. The minimum Gasteiger partial charge on any atom is -0.465 e. The van der Waals surface area contributed by atoms with E-state index in [0.717, 1.165) is 0 Å². The van der Waals surface area contributed by atoms with Crippen LogP contribution in [0.15, 0.2) is 28.9 Å². The number of rotatable bonds is 3. The molecule has 0 unspecified atom stereocenters. The molecule has 0 amide bonds. The van der Waals surface area contributed by atoms with E-state index in [-0.39, 0.29) is 0 Å². The summed E-state index contributed by atoms with van der Waals surface area (Å²) in [6.07, 6.45) is 4.69. The Morgan fingerprint density at radius 1 is 1.64 bits per heavy atom. The fraction of sp³-hybridized carbons (Fsp3) is 0.250.